The molecule has 0 atom stereocenters. The molecule has 8 aromatic carbocycles. The second-order valence-electron chi connectivity index (χ2n) is 15.8. The van der Waals surface area contributed by atoms with Gasteiger partial charge in [-0.15, -0.1) is 11.3 Å². The molecule has 63 heavy (non-hydrogen) atoms. The highest BCUT2D eigenvalue weighted by atomic mass is 32.1. The molecule has 0 amide bonds. The minimum Gasteiger partial charge on any atom is -0.294 e. The molecule has 0 fully saturated rings. The summed E-state index contributed by atoms with van der Waals surface area (Å²) >= 11 is 1.85. The molecule has 5 nitrogen and oxygen atoms in total. The second kappa shape index (κ2) is 15.4. The summed E-state index contributed by atoms with van der Waals surface area (Å²) in [5, 5.41) is 4.98. The first kappa shape index (κ1) is 36.8. The van der Waals surface area contributed by atoms with Crippen LogP contribution in [0.15, 0.2) is 212 Å². The number of hydrogen-bond donors (Lipinski definition) is 0. The van der Waals surface area contributed by atoms with Crippen LogP contribution in [-0.2, 0) is 6.42 Å². The Hall–Kier alpha value is -8.06. The molecule has 0 radical (unpaired) electrons. The van der Waals surface area contributed by atoms with Crippen LogP contribution in [0.4, 0.5) is 0 Å². The number of benzene rings is 8. The zero-order chi connectivity index (χ0) is 41.7. The van der Waals surface area contributed by atoms with Crippen molar-refractivity contribution in [2.75, 3.05) is 0 Å². The van der Waals surface area contributed by atoms with Crippen LogP contribution in [-0.4, -0.2) is 24.5 Å². The standard InChI is InChI=1S/C57H37N5S/c1-5-17-37(18-6-1)41-31-42(38-19-7-2-8-20-38)33-43(32-41)45-34-44(35-52-59-55(39-21-9-3-10-22-39)61-56(60-52)40-23-11-4-12-24-40)57(58-36-45)62-48-27-15-13-25-46(48)53-49(62)29-30-51-54(53)47-26-14-16-28-50(47)63-51/h1-34,36H,35H2. The van der Waals surface area contributed by atoms with Crippen molar-refractivity contribution in [3.05, 3.63) is 224 Å². The fourth-order valence-electron chi connectivity index (χ4n) is 8.99. The van der Waals surface area contributed by atoms with Gasteiger partial charge in [0.1, 0.15) is 11.6 Å². The first-order valence-corrected chi connectivity index (χ1v) is 22.0. The summed E-state index contributed by atoms with van der Waals surface area (Å²) in [4.78, 5) is 20.9. The van der Waals surface area contributed by atoms with Gasteiger partial charge in [0, 0.05) is 65.8 Å². The molecular formula is C57H37N5S. The quantitative estimate of drug-likeness (QED) is 0.153. The fraction of sp³-hybridized carbons (Fsp3) is 0.0175. The van der Waals surface area contributed by atoms with Gasteiger partial charge in [-0.05, 0) is 76.3 Å². The van der Waals surface area contributed by atoms with Crippen LogP contribution in [0.3, 0.4) is 0 Å². The Morgan fingerprint density at radius 1 is 0.381 bits per heavy atom. The molecule has 4 heterocycles. The Morgan fingerprint density at radius 3 is 1.52 bits per heavy atom. The lowest BCUT2D eigenvalue weighted by Gasteiger charge is -2.16. The topological polar surface area (TPSA) is 56.5 Å². The molecule has 0 aliphatic heterocycles. The van der Waals surface area contributed by atoms with Gasteiger partial charge in [0.2, 0.25) is 0 Å². The molecule has 6 heteroatoms. The number of para-hydroxylation sites is 1. The van der Waals surface area contributed by atoms with Crippen molar-refractivity contribution in [3.8, 4) is 62.0 Å². The van der Waals surface area contributed by atoms with E-state index in [9.17, 15) is 0 Å². The Labute approximate surface area is 368 Å². The molecule has 0 bridgehead atoms. The van der Waals surface area contributed by atoms with E-state index in [1.807, 2.05) is 53.9 Å². The molecule has 4 aromatic heterocycles. The van der Waals surface area contributed by atoms with Crippen molar-refractivity contribution in [1.82, 2.24) is 24.5 Å². The SMILES string of the molecule is c1ccc(-c2cc(-c3ccccc3)cc(-c3cnc(-n4c5ccccc5c5c6c(ccc54)sc4ccccc46)c(Cc4nc(-c5ccccc5)nc(-c5ccccc5)n4)c3)c2)cc1. The number of fused-ring (bicyclic) bond motifs is 7. The van der Waals surface area contributed by atoms with Crippen LogP contribution in [0.1, 0.15) is 11.4 Å². The smallest absolute Gasteiger partial charge is 0.163 e. The number of nitrogens with zero attached hydrogens (tertiary/aromatic N) is 5. The molecule has 12 aromatic rings. The van der Waals surface area contributed by atoms with E-state index in [1.165, 1.54) is 30.9 Å². The average Bonchev–Trinajstić information content (AvgIpc) is 3.90. The van der Waals surface area contributed by atoms with Crippen molar-refractivity contribution in [2.24, 2.45) is 0 Å². The molecule has 0 aliphatic carbocycles. The highest BCUT2D eigenvalue weighted by Gasteiger charge is 2.22. The summed E-state index contributed by atoms with van der Waals surface area (Å²) in [5.41, 5.74) is 11.8. The minimum atomic E-state index is 0.417. The number of aromatic nitrogens is 5. The third kappa shape index (κ3) is 6.65. The first-order chi connectivity index (χ1) is 31.2. The Balaban J connectivity index is 1.11. The summed E-state index contributed by atoms with van der Waals surface area (Å²) in [5.74, 6) is 2.78. The summed E-state index contributed by atoms with van der Waals surface area (Å²) in [6.07, 6.45) is 2.45. The molecule has 0 saturated heterocycles. The van der Waals surface area contributed by atoms with E-state index in [-0.39, 0.29) is 0 Å². The molecule has 296 valence electrons. The highest BCUT2D eigenvalue weighted by molar-refractivity contribution is 7.26. The van der Waals surface area contributed by atoms with Crippen molar-refractivity contribution in [3.63, 3.8) is 0 Å². The summed E-state index contributed by atoms with van der Waals surface area (Å²) in [6, 6.07) is 72.7. The summed E-state index contributed by atoms with van der Waals surface area (Å²) < 4.78 is 4.91. The minimum absolute atomic E-state index is 0.417. The largest absolute Gasteiger partial charge is 0.294 e. The first-order valence-electron chi connectivity index (χ1n) is 21.2. The average molecular weight is 824 g/mol. The van der Waals surface area contributed by atoms with Gasteiger partial charge < -0.3 is 0 Å². The Bertz CT molecular complexity index is 3520. The van der Waals surface area contributed by atoms with Crippen LogP contribution >= 0.6 is 11.3 Å². The van der Waals surface area contributed by atoms with Crippen molar-refractivity contribution < 1.29 is 0 Å². The Kier molecular flexibility index (Phi) is 9.01. The van der Waals surface area contributed by atoms with Gasteiger partial charge in [-0.3, -0.25) is 4.57 Å². The maximum atomic E-state index is 5.48. The molecule has 0 aliphatic rings. The third-order valence-electron chi connectivity index (χ3n) is 11.9. The number of rotatable bonds is 8. The normalized spacial score (nSPS) is 11.6. The van der Waals surface area contributed by atoms with Crippen molar-refractivity contribution in [1.29, 1.82) is 0 Å². The molecule has 12 rings (SSSR count). The van der Waals surface area contributed by atoms with E-state index in [1.54, 1.807) is 0 Å². The fourth-order valence-corrected chi connectivity index (χ4v) is 10.1. The van der Waals surface area contributed by atoms with Gasteiger partial charge in [-0.1, -0.05) is 158 Å². The van der Waals surface area contributed by atoms with Crippen LogP contribution in [0.5, 0.6) is 0 Å². The van der Waals surface area contributed by atoms with Gasteiger partial charge >= 0.3 is 0 Å². The summed E-state index contributed by atoms with van der Waals surface area (Å²) in [7, 11) is 0. The predicted octanol–water partition coefficient (Wildman–Crippen LogP) is 14.7. The third-order valence-corrected chi connectivity index (χ3v) is 13.0. The van der Waals surface area contributed by atoms with Gasteiger partial charge in [0.05, 0.1) is 11.0 Å². The van der Waals surface area contributed by atoms with Crippen molar-refractivity contribution in [2.45, 2.75) is 6.42 Å². The van der Waals surface area contributed by atoms with Gasteiger partial charge in [0.25, 0.3) is 0 Å². The van der Waals surface area contributed by atoms with Crippen LogP contribution in [0.2, 0.25) is 0 Å². The monoisotopic (exact) mass is 823 g/mol. The van der Waals surface area contributed by atoms with Gasteiger partial charge in [0.15, 0.2) is 11.6 Å². The lowest BCUT2D eigenvalue weighted by atomic mass is 9.93. The number of pyridine rings is 1. The Morgan fingerprint density at radius 2 is 0.905 bits per heavy atom. The maximum Gasteiger partial charge on any atom is 0.163 e. The lowest BCUT2D eigenvalue weighted by Crippen LogP contribution is -2.08. The zero-order valence-corrected chi connectivity index (χ0v) is 34.9. The van der Waals surface area contributed by atoms with E-state index in [2.05, 4.69) is 174 Å². The van der Waals surface area contributed by atoms with Crippen molar-refractivity contribution >= 4 is 53.3 Å². The van der Waals surface area contributed by atoms with Crippen LogP contribution in [0, 0.1) is 0 Å². The predicted molar refractivity (Wildman–Crippen MR) is 261 cm³/mol. The molecule has 0 unspecified atom stereocenters. The van der Waals surface area contributed by atoms with E-state index < -0.39 is 0 Å². The zero-order valence-electron chi connectivity index (χ0n) is 34.1. The highest BCUT2D eigenvalue weighted by Crippen LogP contribution is 2.44. The molecule has 0 saturated carbocycles. The van der Waals surface area contributed by atoms with Gasteiger partial charge in [-0.25, -0.2) is 19.9 Å². The molecule has 0 spiro atoms. The van der Waals surface area contributed by atoms with E-state index in [4.69, 9.17) is 19.9 Å². The number of hydrogen-bond acceptors (Lipinski definition) is 5. The van der Waals surface area contributed by atoms with Crippen LogP contribution in [0.25, 0.3) is 104 Å². The molecule has 0 N–H and O–H groups in total. The summed E-state index contributed by atoms with van der Waals surface area (Å²) in [6.45, 7) is 0. The molecular weight excluding hydrogens is 787 g/mol. The van der Waals surface area contributed by atoms with Crippen LogP contribution < -0.4 is 0 Å². The maximum absolute atomic E-state index is 5.48. The van der Waals surface area contributed by atoms with E-state index in [0.29, 0.717) is 23.9 Å². The lowest BCUT2D eigenvalue weighted by molar-refractivity contribution is 0.914. The van der Waals surface area contributed by atoms with E-state index in [0.717, 1.165) is 66.9 Å². The van der Waals surface area contributed by atoms with Gasteiger partial charge in [-0.2, -0.15) is 0 Å². The van der Waals surface area contributed by atoms with E-state index >= 15 is 0 Å². The number of thiophene rings is 1. The second-order valence-corrected chi connectivity index (χ2v) is 16.9.